The van der Waals surface area contributed by atoms with E-state index < -0.39 is 6.49 Å². The molecule has 2 aliphatic rings. The molecule has 0 radical (unpaired) electrons. The molecule has 0 unspecified atom stereocenters. The van der Waals surface area contributed by atoms with E-state index in [9.17, 15) is 0 Å². The van der Waals surface area contributed by atoms with Crippen molar-refractivity contribution in [2.45, 2.75) is 26.7 Å². The van der Waals surface area contributed by atoms with Crippen LogP contribution in [0.25, 0.3) is 0 Å². The Morgan fingerprint density at radius 1 is 1.14 bits per heavy atom. The third-order valence-electron chi connectivity index (χ3n) is 3.34. The molecular formula is C10H19O2PS. The van der Waals surface area contributed by atoms with Gasteiger partial charge in [-0.2, -0.15) is 0 Å². The van der Waals surface area contributed by atoms with Crippen LogP contribution in [0.3, 0.4) is 0 Å². The molecule has 2 fully saturated rings. The van der Waals surface area contributed by atoms with Crippen LogP contribution in [-0.2, 0) is 20.9 Å². The van der Waals surface area contributed by atoms with E-state index in [-0.39, 0.29) is 0 Å². The van der Waals surface area contributed by atoms with Gasteiger partial charge >= 0.3 is 0 Å². The summed E-state index contributed by atoms with van der Waals surface area (Å²) in [6.07, 6.45) is 2.63. The zero-order valence-corrected chi connectivity index (χ0v) is 10.9. The van der Waals surface area contributed by atoms with Crippen LogP contribution in [0, 0.1) is 17.3 Å². The van der Waals surface area contributed by atoms with E-state index in [1.165, 1.54) is 12.8 Å². The minimum Gasteiger partial charge on any atom is -0.329 e. The quantitative estimate of drug-likeness (QED) is 0.650. The summed E-state index contributed by atoms with van der Waals surface area (Å²) in [4.78, 5) is 0. The van der Waals surface area contributed by atoms with Crippen molar-refractivity contribution in [1.29, 1.82) is 0 Å². The highest BCUT2D eigenvalue weighted by molar-refractivity contribution is 8.09. The molecule has 2 nitrogen and oxygen atoms in total. The summed E-state index contributed by atoms with van der Waals surface area (Å²) in [5.74, 6) is 1.40. The monoisotopic (exact) mass is 234 g/mol. The predicted octanol–water partition coefficient (Wildman–Crippen LogP) is 3.02. The Morgan fingerprint density at radius 3 is 2.07 bits per heavy atom. The Kier molecular flexibility index (Phi) is 2.81. The van der Waals surface area contributed by atoms with Gasteiger partial charge in [0.2, 0.25) is 0 Å². The van der Waals surface area contributed by atoms with E-state index >= 15 is 0 Å². The Morgan fingerprint density at radius 2 is 1.64 bits per heavy atom. The number of hydrogen-bond acceptors (Lipinski definition) is 3. The average molecular weight is 234 g/mol. The topological polar surface area (TPSA) is 18.5 Å². The van der Waals surface area contributed by atoms with Gasteiger partial charge in [0.05, 0.1) is 13.2 Å². The summed E-state index contributed by atoms with van der Waals surface area (Å²) in [6.45, 7) is 6.39. The van der Waals surface area contributed by atoms with Gasteiger partial charge in [-0.3, -0.25) is 0 Å². The van der Waals surface area contributed by atoms with Gasteiger partial charge in [0.15, 0.2) is 6.49 Å². The molecule has 0 aromatic rings. The maximum Gasteiger partial charge on any atom is 0.185 e. The fourth-order valence-corrected chi connectivity index (χ4v) is 3.88. The lowest BCUT2D eigenvalue weighted by Gasteiger charge is -2.48. The van der Waals surface area contributed by atoms with Crippen LogP contribution in [0.15, 0.2) is 0 Å². The van der Waals surface area contributed by atoms with Gasteiger partial charge in [-0.25, -0.2) is 0 Å². The second kappa shape index (κ2) is 3.55. The van der Waals surface area contributed by atoms with Gasteiger partial charge in [-0.1, -0.05) is 13.8 Å². The first-order valence-electron chi connectivity index (χ1n) is 5.25. The summed E-state index contributed by atoms with van der Waals surface area (Å²) in [5.41, 5.74) is 0.550. The van der Waals surface area contributed by atoms with Crippen LogP contribution in [0.5, 0.6) is 0 Å². The van der Waals surface area contributed by atoms with E-state index in [4.69, 9.17) is 20.9 Å². The number of hydrogen-bond donors (Lipinski definition) is 0. The van der Waals surface area contributed by atoms with Gasteiger partial charge in [0, 0.05) is 12.6 Å². The van der Waals surface area contributed by atoms with Gasteiger partial charge in [0.1, 0.15) is 0 Å². The normalized spacial score (nSPS) is 43.2. The molecule has 0 N–H and O–H groups in total. The molecule has 0 aromatic carbocycles. The van der Waals surface area contributed by atoms with Crippen molar-refractivity contribution in [2.75, 3.05) is 19.9 Å². The smallest absolute Gasteiger partial charge is 0.185 e. The van der Waals surface area contributed by atoms with Gasteiger partial charge < -0.3 is 9.05 Å². The highest BCUT2D eigenvalue weighted by Crippen LogP contribution is 2.54. The minimum absolute atomic E-state index is 0.550. The fourth-order valence-electron chi connectivity index (χ4n) is 2.51. The molecule has 0 aromatic heterocycles. The molecule has 4 heteroatoms. The summed E-state index contributed by atoms with van der Waals surface area (Å²) in [5, 5.41) is 0. The van der Waals surface area contributed by atoms with Crippen molar-refractivity contribution in [2.24, 2.45) is 17.3 Å². The van der Waals surface area contributed by atoms with Crippen LogP contribution < -0.4 is 0 Å². The molecule has 14 heavy (non-hydrogen) atoms. The van der Waals surface area contributed by atoms with E-state index in [1.807, 2.05) is 6.66 Å². The SMILES string of the molecule is CC1(C)CC(C2COP(C)(=S)OC2)C1. The lowest BCUT2D eigenvalue weighted by atomic mass is 9.60. The van der Waals surface area contributed by atoms with Gasteiger partial charge in [0.25, 0.3) is 0 Å². The van der Waals surface area contributed by atoms with Crippen LogP contribution in [0.4, 0.5) is 0 Å². The van der Waals surface area contributed by atoms with Crippen LogP contribution >= 0.6 is 6.49 Å². The van der Waals surface area contributed by atoms with E-state index in [2.05, 4.69) is 13.8 Å². The largest absolute Gasteiger partial charge is 0.329 e. The molecule has 82 valence electrons. The van der Waals surface area contributed by atoms with Crippen molar-refractivity contribution in [1.82, 2.24) is 0 Å². The fraction of sp³-hybridized carbons (Fsp3) is 1.00. The molecule has 1 heterocycles. The van der Waals surface area contributed by atoms with Crippen molar-refractivity contribution in [3.8, 4) is 0 Å². The second-order valence-electron chi connectivity index (χ2n) is 5.46. The first kappa shape index (κ1) is 11.1. The average Bonchev–Trinajstić information content (AvgIpc) is 2.00. The van der Waals surface area contributed by atoms with E-state index in [0.29, 0.717) is 11.3 Å². The first-order chi connectivity index (χ1) is 6.38. The lowest BCUT2D eigenvalue weighted by Crippen LogP contribution is -2.40. The third-order valence-corrected chi connectivity index (χ3v) is 5.21. The molecule has 2 rings (SSSR count). The van der Waals surface area contributed by atoms with Crippen LogP contribution in [-0.4, -0.2) is 19.9 Å². The van der Waals surface area contributed by atoms with Crippen molar-refractivity contribution in [3.63, 3.8) is 0 Å². The van der Waals surface area contributed by atoms with E-state index in [1.54, 1.807) is 0 Å². The molecule has 1 aliphatic carbocycles. The Balaban J connectivity index is 1.83. The Labute approximate surface area is 91.5 Å². The summed E-state index contributed by atoms with van der Waals surface area (Å²) < 4.78 is 11.2. The third kappa shape index (κ3) is 2.38. The predicted molar refractivity (Wildman–Crippen MR) is 62.1 cm³/mol. The number of rotatable bonds is 1. The van der Waals surface area contributed by atoms with Gasteiger partial charge in [-0.15, -0.1) is 0 Å². The molecule has 1 saturated heterocycles. The highest BCUT2D eigenvalue weighted by Gasteiger charge is 2.42. The van der Waals surface area contributed by atoms with Gasteiger partial charge in [-0.05, 0) is 36.0 Å². The zero-order chi connectivity index (χ0) is 10.4. The molecule has 1 aliphatic heterocycles. The first-order valence-corrected chi connectivity index (χ1v) is 8.33. The second-order valence-corrected chi connectivity index (χ2v) is 9.50. The molecule has 1 saturated carbocycles. The minimum atomic E-state index is -1.85. The zero-order valence-electron chi connectivity index (χ0n) is 9.16. The molecule has 0 spiro atoms. The van der Waals surface area contributed by atoms with Crippen molar-refractivity contribution in [3.05, 3.63) is 0 Å². The van der Waals surface area contributed by atoms with E-state index in [0.717, 1.165) is 19.1 Å². The van der Waals surface area contributed by atoms with Crippen molar-refractivity contribution >= 4 is 18.3 Å². The molecule has 0 atom stereocenters. The lowest BCUT2D eigenvalue weighted by molar-refractivity contribution is -0.00891. The summed E-state index contributed by atoms with van der Waals surface area (Å²) in [7, 11) is 0. The summed E-state index contributed by atoms with van der Waals surface area (Å²) in [6, 6.07) is 0. The molecular weight excluding hydrogens is 215 g/mol. The van der Waals surface area contributed by atoms with Crippen molar-refractivity contribution < 1.29 is 9.05 Å². The van der Waals surface area contributed by atoms with Crippen LogP contribution in [0.2, 0.25) is 0 Å². The maximum atomic E-state index is 5.61. The highest BCUT2D eigenvalue weighted by atomic mass is 32.5. The Bertz CT molecular complexity index is 257. The maximum absolute atomic E-state index is 5.61. The van der Waals surface area contributed by atoms with Crippen LogP contribution in [0.1, 0.15) is 26.7 Å². The Hall–Kier alpha value is 0.570. The molecule has 0 bridgehead atoms. The molecule has 0 amide bonds. The summed E-state index contributed by atoms with van der Waals surface area (Å²) >= 11 is 5.20. The standard InChI is InChI=1S/C10H19O2PS/c1-10(2)4-8(5-10)9-6-11-13(3,14)12-7-9/h8-9H,4-7H2,1-3H3.